The summed E-state index contributed by atoms with van der Waals surface area (Å²) in [6, 6.07) is 13.2. The van der Waals surface area contributed by atoms with Gasteiger partial charge in [-0.15, -0.1) is 0 Å². The molecule has 1 aliphatic heterocycles. The standard InChI is InChI=1S/C17H13ClN2O/c1-17(2)12-5-3-4-6-14(12)20-15(21)11-8-7-10(18)9-13(11)19-16(17)20/h3-9H,1-2H3. The summed E-state index contributed by atoms with van der Waals surface area (Å²) in [6.07, 6.45) is 0. The van der Waals surface area contributed by atoms with Crippen LogP contribution >= 0.6 is 11.6 Å². The molecule has 0 radical (unpaired) electrons. The Morgan fingerprint density at radius 3 is 2.71 bits per heavy atom. The van der Waals surface area contributed by atoms with Gasteiger partial charge in [0.2, 0.25) is 0 Å². The van der Waals surface area contributed by atoms with Crippen molar-refractivity contribution in [2.24, 2.45) is 0 Å². The zero-order chi connectivity index (χ0) is 14.8. The molecule has 2 aromatic carbocycles. The average Bonchev–Trinajstić information content (AvgIpc) is 2.68. The second-order valence-corrected chi connectivity index (χ2v) is 6.32. The van der Waals surface area contributed by atoms with Crippen LogP contribution in [0.1, 0.15) is 25.2 Å². The fraction of sp³-hybridized carbons (Fsp3) is 0.176. The molecule has 21 heavy (non-hydrogen) atoms. The van der Waals surface area contributed by atoms with Crippen LogP contribution in [-0.4, -0.2) is 9.55 Å². The van der Waals surface area contributed by atoms with E-state index in [0.717, 1.165) is 17.1 Å². The van der Waals surface area contributed by atoms with Gasteiger partial charge < -0.3 is 0 Å². The smallest absolute Gasteiger partial charge is 0.266 e. The highest BCUT2D eigenvalue weighted by atomic mass is 35.5. The third-order valence-electron chi connectivity index (χ3n) is 4.21. The van der Waals surface area contributed by atoms with Gasteiger partial charge in [-0.25, -0.2) is 4.98 Å². The second kappa shape index (κ2) is 3.95. The van der Waals surface area contributed by atoms with Gasteiger partial charge in [0.25, 0.3) is 5.56 Å². The van der Waals surface area contributed by atoms with Gasteiger partial charge in [-0.3, -0.25) is 9.36 Å². The van der Waals surface area contributed by atoms with E-state index in [-0.39, 0.29) is 11.0 Å². The molecule has 3 nitrogen and oxygen atoms in total. The molecule has 4 rings (SSSR count). The maximum atomic E-state index is 12.9. The molecule has 0 amide bonds. The van der Waals surface area contributed by atoms with Crippen LogP contribution in [0.2, 0.25) is 5.02 Å². The highest BCUT2D eigenvalue weighted by Gasteiger charge is 2.38. The molecule has 4 heteroatoms. The quantitative estimate of drug-likeness (QED) is 0.634. The minimum absolute atomic E-state index is 0.0373. The molecular formula is C17H13ClN2O. The number of para-hydroxylation sites is 1. The average molecular weight is 297 g/mol. The van der Waals surface area contributed by atoms with Crippen molar-refractivity contribution >= 4 is 22.5 Å². The van der Waals surface area contributed by atoms with E-state index in [0.29, 0.717) is 15.9 Å². The van der Waals surface area contributed by atoms with Crippen molar-refractivity contribution in [3.05, 3.63) is 69.2 Å². The maximum absolute atomic E-state index is 12.9. The van der Waals surface area contributed by atoms with Crippen LogP contribution in [0.4, 0.5) is 0 Å². The Labute approximate surface area is 126 Å². The first-order chi connectivity index (χ1) is 10.00. The Morgan fingerprint density at radius 2 is 1.90 bits per heavy atom. The van der Waals surface area contributed by atoms with E-state index in [1.54, 1.807) is 22.8 Å². The second-order valence-electron chi connectivity index (χ2n) is 5.88. The Kier molecular flexibility index (Phi) is 2.37. The first kappa shape index (κ1) is 12.6. The maximum Gasteiger partial charge on any atom is 0.266 e. The van der Waals surface area contributed by atoms with Crippen LogP contribution in [-0.2, 0) is 5.41 Å². The molecule has 0 saturated heterocycles. The Morgan fingerprint density at radius 1 is 1.14 bits per heavy atom. The zero-order valence-electron chi connectivity index (χ0n) is 11.7. The molecule has 0 aliphatic carbocycles. The van der Waals surface area contributed by atoms with Crippen LogP contribution in [0.3, 0.4) is 0 Å². The molecular weight excluding hydrogens is 284 g/mol. The molecule has 0 spiro atoms. The number of halogens is 1. The van der Waals surface area contributed by atoms with Crippen molar-refractivity contribution in [3.8, 4) is 5.69 Å². The van der Waals surface area contributed by atoms with Crippen LogP contribution in [0.25, 0.3) is 16.6 Å². The Bertz CT molecular complexity index is 957. The number of hydrogen-bond acceptors (Lipinski definition) is 2. The molecule has 0 fully saturated rings. The van der Waals surface area contributed by atoms with E-state index in [1.165, 1.54) is 0 Å². The number of hydrogen-bond donors (Lipinski definition) is 0. The van der Waals surface area contributed by atoms with E-state index < -0.39 is 0 Å². The largest absolute Gasteiger partial charge is 0.268 e. The lowest BCUT2D eigenvalue weighted by Gasteiger charge is -2.18. The molecule has 0 atom stereocenters. The predicted molar refractivity (Wildman–Crippen MR) is 84.5 cm³/mol. The molecule has 0 bridgehead atoms. The van der Waals surface area contributed by atoms with Gasteiger partial charge in [0.15, 0.2) is 0 Å². The van der Waals surface area contributed by atoms with Crippen molar-refractivity contribution in [2.75, 3.05) is 0 Å². The van der Waals surface area contributed by atoms with Gasteiger partial charge >= 0.3 is 0 Å². The van der Waals surface area contributed by atoms with Crippen molar-refractivity contribution < 1.29 is 0 Å². The monoisotopic (exact) mass is 296 g/mol. The van der Waals surface area contributed by atoms with Crippen LogP contribution in [0.15, 0.2) is 47.3 Å². The summed E-state index contributed by atoms with van der Waals surface area (Å²) in [6.45, 7) is 4.18. The zero-order valence-corrected chi connectivity index (χ0v) is 12.5. The van der Waals surface area contributed by atoms with Crippen LogP contribution in [0, 0.1) is 0 Å². The van der Waals surface area contributed by atoms with E-state index in [1.807, 2.05) is 18.2 Å². The lowest BCUT2D eigenvalue weighted by molar-refractivity contribution is 0.610. The SMILES string of the molecule is CC1(C)c2ccccc2-n2c1nc1cc(Cl)ccc1c2=O. The summed E-state index contributed by atoms with van der Waals surface area (Å²) >= 11 is 6.03. The summed E-state index contributed by atoms with van der Waals surface area (Å²) in [5.74, 6) is 0.767. The van der Waals surface area contributed by atoms with Crippen molar-refractivity contribution in [1.82, 2.24) is 9.55 Å². The van der Waals surface area contributed by atoms with Gasteiger partial charge in [0.1, 0.15) is 5.82 Å². The molecule has 2 heterocycles. The summed E-state index contributed by atoms with van der Waals surface area (Å²) in [5, 5.41) is 1.18. The summed E-state index contributed by atoms with van der Waals surface area (Å²) in [7, 11) is 0. The van der Waals surface area contributed by atoms with E-state index in [9.17, 15) is 4.79 Å². The predicted octanol–water partition coefficient (Wildman–Crippen LogP) is 3.68. The molecule has 0 saturated carbocycles. The lowest BCUT2D eigenvalue weighted by atomic mass is 9.85. The van der Waals surface area contributed by atoms with Gasteiger partial charge in [-0.05, 0) is 43.7 Å². The third kappa shape index (κ3) is 1.55. The van der Waals surface area contributed by atoms with Crippen molar-refractivity contribution in [1.29, 1.82) is 0 Å². The minimum atomic E-state index is -0.299. The molecule has 1 aliphatic rings. The third-order valence-corrected chi connectivity index (χ3v) is 4.44. The molecule has 1 aromatic heterocycles. The van der Waals surface area contributed by atoms with Gasteiger partial charge in [-0.1, -0.05) is 29.8 Å². The van der Waals surface area contributed by atoms with Gasteiger partial charge in [0.05, 0.1) is 22.0 Å². The number of aromatic nitrogens is 2. The highest BCUT2D eigenvalue weighted by molar-refractivity contribution is 6.31. The Balaban J connectivity index is 2.22. The first-order valence-electron chi connectivity index (χ1n) is 6.83. The molecule has 0 unspecified atom stereocenters. The first-order valence-corrected chi connectivity index (χ1v) is 7.20. The number of rotatable bonds is 0. The van der Waals surface area contributed by atoms with E-state index >= 15 is 0 Å². The highest BCUT2D eigenvalue weighted by Crippen LogP contribution is 2.40. The minimum Gasteiger partial charge on any atom is -0.268 e. The van der Waals surface area contributed by atoms with Gasteiger partial charge in [0, 0.05) is 5.02 Å². The van der Waals surface area contributed by atoms with Gasteiger partial charge in [-0.2, -0.15) is 0 Å². The molecule has 0 N–H and O–H groups in total. The van der Waals surface area contributed by atoms with Crippen LogP contribution in [0.5, 0.6) is 0 Å². The fourth-order valence-corrected chi connectivity index (χ4v) is 3.29. The lowest BCUT2D eigenvalue weighted by Crippen LogP contribution is -2.25. The summed E-state index contributed by atoms with van der Waals surface area (Å²) < 4.78 is 1.73. The summed E-state index contributed by atoms with van der Waals surface area (Å²) in [5.41, 5.74) is 2.36. The van der Waals surface area contributed by atoms with Crippen molar-refractivity contribution in [2.45, 2.75) is 19.3 Å². The normalized spacial score (nSPS) is 15.0. The van der Waals surface area contributed by atoms with Crippen molar-refractivity contribution in [3.63, 3.8) is 0 Å². The van der Waals surface area contributed by atoms with Crippen LogP contribution < -0.4 is 5.56 Å². The Hall–Kier alpha value is -2.13. The van der Waals surface area contributed by atoms with E-state index in [4.69, 9.17) is 16.6 Å². The molecule has 104 valence electrons. The number of benzene rings is 2. The fourth-order valence-electron chi connectivity index (χ4n) is 3.12. The summed E-state index contributed by atoms with van der Waals surface area (Å²) in [4.78, 5) is 17.6. The molecule has 3 aromatic rings. The number of fused-ring (bicyclic) bond motifs is 4. The van der Waals surface area contributed by atoms with E-state index in [2.05, 4.69) is 19.9 Å². The number of nitrogens with zero attached hydrogens (tertiary/aromatic N) is 2. The topological polar surface area (TPSA) is 34.9 Å².